The lowest BCUT2D eigenvalue weighted by Crippen LogP contribution is -2.32. The fraction of sp³-hybridized carbons (Fsp3) is 0.381. The van der Waals surface area contributed by atoms with Gasteiger partial charge in [0.1, 0.15) is 11.5 Å². The van der Waals surface area contributed by atoms with Crippen LogP contribution in [0.1, 0.15) is 57.2 Å². The zero-order chi connectivity index (χ0) is 19.8. The van der Waals surface area contributed by atoms with Crippen molar-refractivity contribution < 1.29 is 9.18 Å². The molecule has 5 nitrogen and oxygen atoms in total. The van der Waals surface area contributed by atoms with Crippen molar-refractivity contribution in [3.63, 3.8) is 0 Å². The second-order valence-electron chi connectivity index (χ2n) is 7.87. The third-order valence-electron chi connectivity index (χ3n) is 4.54. The number of hydrogen-bond acceptors (Lipinski definition) is 3. The van der Waals surface area contributed by atoms with Crippen molar-refractivity contribution in [2.24, 2.45) is 0 Å². The zero-order valence-electron chi connectivity index (χ0n) is 16.4. The zero-order valence-corrected chi connectivity index (χ0v) is 16.4. The summed E-state index contributed by atoms with van der Waals surface area (Å²) in [5, 5.41) is 7.60. The Morgan fingerprint density at radius 2 is 2.00 bits per heavy atom. The molecule has 0 radical (unpaired) electrons. The van der Waals surface area contributed by atoms with E-state index in [0.29, 0.717) is 22.6 Å². The summed E-state index contributed by atoms with van der Waals surface area (Å²) in [5.74, 6) is -0.589. The molecule has 27 heavy (non-hydrogen) atoms. The summed E-state index contributed by atoms with van der Waals surface area (Å²) in [4.78, 5) is 17.1. The SMILES string of the molecule is CCC(C)NC(=O)c1cc(-c2cccc(F)c2)n2nc(C(C)(C)C)cc2n1. The highest BCUT2D eigenvalue weighted by Gasteiger charge is 2.22. The first-order chi connectivity index (χ1) is 12.7. The lowest BCUT2D eigenvalue weighted by Gasteiger charge is -2.14. The number of nitrogens with one attached hydrogen (secondary N) is 1. The number of nitrogens with zero attached hydrogens (tertiary/aromatic N) is 3. The van der Waals surface area contributed by atoms with Gasteiger partial charge < -0.3 is 5.32 Å². The maximum absolute atomic E-state index is 13.8. The minimum Gasteiger partial charge on any atom is -0.348 e. The van der Waals surface area contributed by atoms with Crippen molar-refractivity contribution in [2.45, 2.75) is 52.5 Å². The van der Waals surface area contributed by atoms with Gasteiger partial charge in [-0.25, -0.2) is 13.9 Å². The largest absolute Gasteiger partial charge is 0.348 e. The first kappa shape index (κ1) is 19.0. The Labute approximate surface area is 158 Å². The Morgan fingerprint density at radius 1 is 1.26 bits per heavy atom. The summed E-state index contributed by atoms with van der Waals surface area (Å²) >= 11 is 0. The Bertz CT molecular complexity index is 988. The number of hydrogen-bond donors (Lipinski definition) is 1. The highest BCUT2D eigenvalue weighted by atomic mass is 19.1. The molecule has 1 aromatic carbocycles. The summed E-state index contributed by atoms with van der Waals surface area (Å²) in [6.07, 6.45) is 0.825. The second-order valence-corrected chi connectivity index (χ2v) is 7.87. The maximum atomic E-state index is 13.8. The summed E-state index contributed by atoms with van der Waals surface area (Å²) in [6, 6.07) is 9.85. The fourth-order valence-corrected chi connectivity index (χ4v) is 2.71. The minimum atomic E-state index is -0.341. The monoisotopic (exact) mass is 368 g/mol. The van der Waals surface area contributed by atoms with Crippen LogP contribution in [0.25, 0.3) is 16.9 Å². The van der Waals surface area contributed by atoms with E-state index in [2.05, 4.69) is 36.2 Å². The molecule has 3 aromatic rings. The Kier molecular flexibility index (Phi) is 5.00. The van der Waals surface area contributed by atoms with Gasteiger partial charge in [-0.15, -0.1) is 0 Å². The van der Waals surface area contributed by atoms with Gasteiger partial charge in [-0.05, 0) is 31.5 Å². The molecule has 2 heterocycles. The third-order valence-corrected chi connectivity index (χ3v) is 4.54. The van der Waals surface area contributed by atoms with Crippen molar-refractivity contribution in [2.75, 3.05) is 0 Å². The van der Waals surface area contributed by atoms with Crippen molar-refractivity contribution in [1.82, 2.24) is 19.9 Å². The number of amides is 1. The van der Waals surface area contributed by atoms with Crippen molar-refractivity contribution in [3.8, 4) is 11.3 Å². The van der Waals surface area contributed by atoms with Crippen LogP contribution in [0.2, 0.25) is 0 Å². The Morgan fingerprint density at radius 3 is 2.63 bits per heavy atom. The van der Waals surface area contributed by atoms with Crippen LogP contribution in [-0.2, 0) is 5.41 Å². The molecule has 1 N–H and O–H groups in total. The van der Waals surface area contributed by atoms with Gasteiger partial charge in [0, 0.05) is 23.1 Å². The average molecular weight is 368 g/mol. The third kappa shape index (κ3) is 3.99. The molecule has 1 atom stereocenters. The van der Waals surface area contributed by atoms with Crippen LogP contribution in [0.5, 0.6) is 0 Å². The first-order valence-electron chi connectivity index (χ1n) is 9.17. The molecule has 0 saturated heterocycles. The lowest BCUT2D eigenvalue weighted by atomic mass is 9.93. The molecule has 3 rings (SSSR count). The fourth-order valence-electron chi connectivity index (χ4n) is 2.71. The van der Waals surface area contributed by atoms with Crippen molar-refractivity contribution >= 4 is 11.6 Å². The predicted molar refractivity (Wildman–Crippen MR) is 104 cm³/mol. The molecule has 1 amide bonds. The van der Waals surface area contributed by atoms with Crippen LogP contribution in [0.15, 0.2) is 36.4 Å². The van der Waals surface area contributed by atoms with Crippen LogP contribution >= 0.6 is 0 Å². The lowest BCUT2D eigenvalue weighted by molar-refractivity contribution is 0.0934. The van der Waals surface area contributed by atoms with Crippen LogP contribution in [0, 0.1) is 5.82 Å². The number of carbonyl (C=O) groups excluding carboxylic acids is 1. The van der Waals surface area contributed by atoms with Gasteiger partial charge in [-0.1, -0.05) is 39.8 Å². The number of fused-ring (bicyclic) bond motifs is 1. The van der Waals surface area contributed by atoms with Crippen LogP contribution in [0.3, 0.4) is 0 Å². The molecule has 2 aromatic heterocycles. The van der Waals surface area contributed by atoms with Gasteiger partial charge in [0.05, 0.1) is 11.4 Å². The minimum absolute atomic E-state index is 0.0446. The van der Waals surface area contributed by atoms with E-state index in [1.807, 2.05) is 19.9 Å². The molecule has 6 heteroatoms. The summed E-state index contributed by atoms with van der Waals surface area (Å²) < 4.78 is 15.5. The number of aromatic nitrogens is 3. The second kappa shape index (κ2) is 7.10. The average Bonchev–Trinajstić information content (AvgIpc) is 3.05. The van der Waals surface area contributed by atoms with Gasteiger partial charge in [-0.2, -0.15) is 5.10 Å². The Balaban J connectivity index is 2.20. The highest BCUT2D eigenvalue weighted by Crippen LogP contribution is 2.26. The molecule has 0 spiro atoms. The molecule has 0 aliphatic carbocycles. The molecule has 1 unspecified atom stereocenters. The highest BCUT2D eigenvalue weighted by molar-refractivity contribution is 5.94. The van der Waals surface area contributed by atoms with E-state index in [1.54, 1.807) is 22.7 Å². The first-order valence-corrected chi connectivity index (χ1v) is 9.17. The van der Waals surface area contributed by atoms with Gasteiger partial charge >= 0.3 is 0 Å². The summed E-state index contributed by atoms with van der Waals surface area (Å²) in [7, 11) is 0. The van der Waals surface area contributed by atoms with E-state index in [0.717, 1.165) is 12.1 Å². The molecule has 0 fully saturated rings. The number of benzene rings is 1. The molecule has 0 aliphatic heterocycles. The smallest absolute Gasteiger partial charge is 0.270 e. The van der Waals surface area contributed by atoms with Crippen LogP contribution in [-0.4, -0.2) is 26.5 Å². The summed E-state index contributed by atoms with van der Waals surface area (Å²) in [6.45, 7) is 10.1. The van der Waals surface area contributed by atoms with E-state index in [-0.39, 0.29) is 23.2 Å². The number of rotatable bonds is 4. The van der Waals surface area contributed by atoms with E-state index >= 15 is 0 Å². The molecule has 142 valence electrons. The molecule has 0 saturated carbocycles. The molecular formula is C21H25FN4O. The van der Waals surface area contributed by atoms with Gasteiger partial charge in [0.25, 0.3) is 5.91 Å². The van der Waals surface area contributed by atoms with Gasteiger partial charge in [0.15, 0.2) is 5.65 Å². The molecular weight excluding hydrogens is 343 g/mol. The van der Waals surface area contributed by atoms with E-state index in [9.17, 15) is 9.18 Å². The maximum Gasteiger partial charge on any atom is 0.270 e. The predicted octanol–water partition coefficient (Wildman–Crippen LogP) is 4.36. The topological polar surface area (TPSA) is 59.3 Å². The van der Waals surface area contributed by atoms with Crippen LogP contribution < -0.4 is 5.32 Å². The van der Waals surface area contributed by atoms with Crippen LogP contribution in [0.4, 0.5) is 4.39 Å². The standard InChI is InChI=1S/C21H25FN4O/c1-6-13(2)23-20(27)16-11-17(14-8-7-9-15(22)10-14)26-19(24-16)12-18(25-26)21(3,4)5/h7-13H,6H2,1-5H3,(H,23,27). The molecule has 0 bridgehead atoms. The molecule has 0 aliphatic rings. The van der Waals surface area contributed by atoms with E-state index < -0.39 is 0 Å². The van der Waals surface area contributed by atoms with Crippen molar-refractivity contribution in [3.05, 3.63) is 53.6 Å². The quantitative estimate of drug-likeness (QED) is 0.744. The van der Waals surface area contributed by atoms with E-state index in [4.69, 9.17) is 0 Å². The Hall–Kier alpha value is -2.76. The normalized spacial score (nSPS) is 13.0. The van der Waals surface area contributed by atoms with Gasteiger partial charge in [0.2, 0.25) is 0 Å². The van der Waals surface area contributed by atoms with Crippen molar-refractivity contribution in [1.29, 1.82) is 0 Å². The number of halogens is 1. The summed E-state index contributed by atoms with van der Waals surface area (Å²) in [5.41, 5.74) is 2.81. The number of carbonyl (C=O) groups is 1. The van der Waals surface area contributed by atoms with Gasteiger partial charge in [-0.3, -0.25) is 4.79 Å². The van der Waals surface area contributed by atoms with E-state index in [1.165, 1.54) is 12.1 Å².